The number of anilines is 1. The summed E-state index contributed by atoms with van der Waals surface area (Å²) in [5, 5.41) is 2.74. The third kappa shape index (κ3) is 3.82. The van der Waals surface area contributed by atoms with Crippen molar-refractivity contribution in [2.24, 2.45) is 11.7 Å². The van der Waals surface area contributed by atoms with Crippen molar-refractivity contribution in [3.63, 3.8) is 0 Å². The molecule has 1 aromatic rings. The second-order valence-corrected chi connectivity index (χ2v) is 4.23. The van der Waals surface area contributed by atoms with Crippen molar-refractivity contribution in [1.82, 2.24) is 0 Å². The van der Waals surface area contributed by atoms with E-state index in [-0.39, 0.29) is 17.6 Å². The molecule has 1 aromatic carbocycles. The van der Waals surface area contributed by atoms with Gasteiger partial charge in [-0.3, -0.25) is 4.79 Å². The molecule has 94 valence electrons. The lowest BCUT2D eigenvalue weighted by molar-refractivity contribution is -0.119. The molecule has 1 rings (SSSR count). The molecule has 0 saturated heterocycles. The highest BCUT2D eigenvalue weighted by atomic mass is 19.1. The Morgan fingerprint density at radius 1 is 1.53 bits per heavy atom. The van der Waals surface area contributed by atoms with Gasteiger partial charge in [0.05, 0.1) is 0 Å². The second kappa shape index (κ2) is 6.35. The highest BCUT2D eigenvalue weighted by Gasteiger charge is 2.14. The summed E-state index contributed by atoms with van der Waals surface area (Å²) in [6, 6.07) is 4.66. The molecule has 0 saturated carbocycles. The average Bonchev–Trinajstić information content (AvgIpc) is 2.31. The standard InChI is InChI=1S/C13H19FN2O/c1-9(5-4-8-15)13(17)16-12-7-3-6-11(14)10(12)2/h3,6-7,9H,4-5,8,15H2,1-2H3,(H,16,17). The van der Waals surface area contributed by atoms with E-state index < -0.39 is 0 Å². The van der Waals surface area contributed by atoms with Crippen LogP contribution >= 0.6 is 0 Å². The van der Waals surface area contributed by atoms with E-state index >= 15 is 0 Å². The Morgan fingerprint density at radius 3 is 2.88 bits per heavy atom. The first-order chi connectivity index (χ1) is 8.06. The summed E-state index contributed by atoms with van der Waals surface area (Å²) in [6.45, 7) is 4.08. The van der Waals surface area contributed by atoms with Crippen LogP contribution in [0.3, 0.4) is 0 Å². The van der Waals surface area contributed by atoms with Gasteiger partial charge in [0, 0.05) is 17.2 Å². The molecule has 0 aliphatic rings. The number of carbonyl (C=O) groups excluding carboxylic acids is 1. The number of nitrogens with one attached hydrogen (secondary N) is 1. The molecule has 0 radical (unpaired) electrons. The fourth-order valence-corrected chi connectivity index (χ4v) is 1.55. The lowest BCUT2D eigenvalue weighted by Gasteiger charge is -2.13. The van der Waals surface area contributed by atoms with Crippen LogP contribution in [0.4, 0.5) is 10.1 Å². The van der Waals surface area contributed by atoms with Crippen molar-refractivity contribution in [3.05, 3.63) is 29.6 Å². The first kappa shape index (κ1) is 13.6. The van der Waals surface area contributed by atoms with Gasteiger partial charge in [0.15, 0.2) is 0 Å². The molecule has 17 heavy (non-hydrogen) atoms. The Bertz CT molecular complexity index is 393. The molecular weight excluding hydrogens is 219 g/mol. The van der Waals surface area contributed by atoms with Crippen molar-refractivity contribution in [2.75, 3.05) is 11.9 Å². The lowest BCUT2D eigenvalue weighted by atomic mass is 10.0. The van der Waals surface area contributed by atoms with Crippen molar-refractivity contribution in [2.45, 2.75) is 26.7 Å². The summed E-state index contributed by atoms with van der Waals surface area (Å²) in [7, 11) is 0. The smallest absolute Gasteiger partial charge is 0.227 e. The molecule has 0 aromatic heterocycles. The molecular formula is C13H19FN2O. The fraction of sp³-hybridized carbons (Fsp3) is 0.462. The van der Waals surface area contributed by atoms with Crippen LogP contribution in [0, 0.1) is 18.7 Å². The minimum atomic E-state index is -0.308. The number of carbonyl (C=O) groups is 1. The SMILES string of the molecule is Cc1c(F)cccc1NC(=O)C(C)CCCN. The maximum Gasteiger partial charge on any atom is 0.227 e. The molecule has 3 nitrogen and oxygen atoms in total. The van der Waals surface area contributed by atoms with Crippen LogP contribution in [0.5, 0.6) is 0 Å². The zero-order chi connectivity index (χ0) is 12.8. The van der Waals surface area contributed by atoms with E-state index in [2.05, 4.69) is 5.32 Å². The van der Waals surface area contributed by atoms with Gasteiger partial charge in [-0.15, -0.1) is 0 Å². The highest BCUT2D eigenvalue weighted by Crippen LogP contribution is 2.18. The number of nitrogens with two attached hydrogens (primary N) is 1. The number of hydrogen-bond donors (Lipinski definition) is 2. The summed E-state index contributed by atoms with van der Waals surface area (Å²) in [6.07, 6.45) is 1.56. The van der Waals surface area contributed by atoms with Crippen LogP contribution in [0.1, 0.15) is 25.3 Å². The number of hydrogen-bond acceptors (Lipinski definition) is 2. The summed E-state index contributed by atoms with van der Waals surface area (Å²) in [5.41, 5.74) is 6.39. The molecule has 0 aliphatic carbocycles. The van der Waals surface area contributed by atoms with Gasteiger partial charge in [-0.1, -0.05) is 13.0 Å². The van der Waals surface area contributed by atoms with E-state index in [1.807, 2.05) is 6.92 Å². The normalized spacial score (nSPS) is 12.2. The first-order valence-corrected chi connectivity index (χ1v) is 5.82. The van der Waals surface area contributed by atoms with E-state index in [4.69, 9.17) is 5.73 Å². The van der Waals surface area contributed by atoms with Crippen molar-refractivity contribution in [3.8, 4) is 0 Å². The van der Waals surface area contributed by atoms with Gasteiger partial charge in [-0.05, 0) is 38.4 Å². The van der Waals surface area contributed by atoms with Crippen molar-refractivity contribution < 1.29 is 9.18 Å². The van der Waals surface area contributed by atoms with Gasteiger partial charge in [0.1, 0.15) is 5.82 Å². The number of amides is 1. The summed E-state index contributed by atoms with van der Waals surface area (Å²) in [4.78, 5) is 11.8. The van der Waals surface area contributed by atoms with E-state index in [0.29, 0.717) is 17.8 Å². The maximum absolute atomic E-state index is 13.3. The Labute approximate surface area is 101 Å². The third-order valence-electron chi connectivity index (χ3n) is 2.81. The summed E-state index contributed by atoms with van der Waals surface area (Å²) in [5.74, 6) is -0.509. The zero-order valence-corrected chi connectivity index (χ0v) is 10.3. The largest absolute Gasteiger partial charge is 0.330 e. The van der Waals surface area contributed by atoms with Crippen LogP contribution < -0.4 is 11.1 Å². The Kier molecular flexibility index (Phi) is 5.10. The molecule has 1 unspecified atom stereocenters. The van der Waals surface area contributed by atoms with Gasteiger partial charge in [0.2, 0.25) is 5.91 Å². The minimum absolute atomic E-state index is 0.0906. The quantitative estimate of drug-likeness (QED) is 0.827. The van der Waals surface area contributed by atoms with Crippen molar-refractivity contribution >= 4 is 11.6 Å². The predicted molar refractivity (Wildman–Crippen MR) is 67.2 cm³/mol. The van der Waals surface area contributed by atoms with Gasteiger partial charge >= 0.3 is 0 Å². The molecule has 0 spiro atoms. The first-order valence-electron chi connectivity index (χ1n) is 5.82. The van der Waals surface area contributed by atoms with E-state index in [1.165, 1.54) is 6.07 Å². The third-order valence-corrected chi connectivity index (χ3v) is 2.81. The van der Waals surface area contributed by atoms with E-state index in [1.54, 1.807) is 19.1 Å². The van der Waals surface area contributed by atoms with Crippen LogP contribution in [-0.2, 0) is 4.79 Å². The number of rotatable bonds is 5. The summed E-state index contributed by atoms with van der Waals surface area (Å²) < 4.78 is 13.3. The van der Waals surface area contributed by atoms with Gasteiger partial charge in [-0.25, -0.2) is 4.39 Å². The number of halogens is 1. The van der Waals surface area contributed by atoms with Crippen LogP contribution in [0.25, 0.3) is 0 Å². The van der Waals surface area contributed by atoms with Crippen LogP contribution in [-0.4, -0.2) is 12.5 Å². The maximum atomic E-state index is 13.3. The number of benzene rings is 1. The van der Waals surface area contributed by atoms with Crippen molar-refractivity contribution in [1.29, 1.82) is 0 Å². The molecule has 0 bridgehead atoms. The molecule has 3 N–H and O–H groups in total. The summed E-state index contributed by atoms with van der Waals surface area (Å²) >= 11 is 0. The Hall–Kier alpha value is -1.42. The zero-order valence-electron chi connectivity index (χ0n) is 10.3. The average molecular weight is 238 g/mol. The lowest BCUT2D eigenvalue weighted by Crippen LogP contribution is -2.21. The van der Waals surface area contributed by atoms with Gasteiger partial charge in [-0.2, -0.15) is 0 Å². The minimum Gasteiger partial charge on any atom is -0.330 e. The molecule has 4 heteroatoms. The molecule has 0 fully saturated rings. The topological polar surface area (TPSA) is 55.1 Å². The Morgan fingerprint density at radius 2 is 2.24 bits per heavy atom. The van der Waals surface area contributed by atoms with E-state index in [0.717, 1.165) is 12.8 Å². The van der Waals surface area contributed by atoms with Crippen LogP contribution in [0.2, 0.25) is 0 Å². The predicted octanol–water partition coefficient (Wildman–Crippen LogP) is 2.45. The van der Waals surface area contributed by atoms with Gasteiger partial charge in [0.25, 0.3) is 0 Å². The second-order valence-electron chi connectivity index (χ2n) is 4.23. The van der Waals surface area contributed by atoms with E-state index in [9.17, 15) is 9.18 Å². The molecule has 0 aliphatic heterocycles. The Balaban J connectivity index is 2.64. The monoisotopic (exact) mass is 238 g/mol. The molecule has 1 amide bonds. The highest BCUT2D eigenvalue weighted by molar-refractivity contribution is 5.92. The molecule has 0 heterocycles. The van der Waals surface area contributed by atoms with Gasteiger partial charge < -0.3 is 11.1 Å². The molecule has 1 atom stereocenters. The fourth-order valence-electron chi connectivity index (χ4n) is 1.55. The van der Waals surface area contributed by atoms with Crippen LogP contribution in [0.15, 0.2) is 18.2 Å².